The Kier molecular flexibility index (Phi) is 8.56. The second-order valence-electron chi connectivity index (χ2n) is 10.2. The molecule has 1 unspecified atom stereocenters. The average molecular weight is 611 g/mol. The van der Waals surface area contributed by atoms with E-state index in [0.29, 0.717) is 42.8 Å². The number of furan rings is 1. The van der Waals surface area contributed by atoms with Crippen molar-refractivity contribution < 1.29 is 23.9 Å². The quantitative estimate of drug-likeness (QED) is 0.215. The third-order valence-corrected chi connectivity index (χ3v) is 8.30. The third-order valence-electron chi connectivity index (χ3n) is 7.59. The van der Waals surface area contributed by atoms with Crippen molar-refractivity contribution in [1.82, 2.24) is 20.4 Å². The minimum absolute atomic E-state index is 0.0337. The van der Waals surface area contributed by atoms with Crippen LogP contribution in [-0.2, 0) is 17.8 Å². The van der Waals surface area contributed by atoms with Crippen molar-refractivity contribution >= 4 is 57.9 Å². The van der Waals surface area contributed by atoms with Crippen molar-refractivity contribution in [3.8, 4) is 6.19 Å². The number of halogens is 2. The fourth-order valence-electron chi connectivity index (χ4n) is 5.38. The van der Waals surface area contributed by atoms with E-state index in [2.05, 4.69) is 15.6 Å². The summed E-state index contributed by atoms with van der Waals surface area (Å²) in [5, 5.41) is 25.2. The molecule has 218 valence electrons. The van der Waals surface area contributed by atoms with Crippen LogP contribution >= 0.6 is 23.2 Å². The molecule has 2 amide bonds. The van der Waals surface area contributed by atoms with Crippen LogP contribution in [0.15, 0.2) is 39.7 Å². The van der Waals surface area contributed by atoms with Crippen molar-refractivity contribution in [3.05, 3.63) is 68.4 Å². The van der Waals surface area contributed by atoms with Gasteiger partial charge in [-0.2, -0.15) is 5.26 Å². The highest BCUT2D eigenvalue weighted by molar-refractivity contribution is 6.40. The smallest absolute Gasteiger partial charge is 0.328 e. The lowest BCUT2D eigenvalue weighted by Crippen LogP contribution is -2.51. The second-order valence-corrected chi connectivity index (χ2v) is 11.0. The molecule has 0 spiro atoms. The van der Waals surface area contributed by atoms with Gasteiger partial charge in [0.05, 0.1) is 15.6 Å². The number of nitrogens with one attached hydrogen (secondary N) is 2. The molecule has 0 bridgehead atoms. The van der Waals surface area contributed by atoms with Gasteiger partial charge in [0, 0.05) is 43.7 Å². The van der Waals surface area contributed by atoms with Gasteiger partial charge in [-0.05, 0) is 49.4 Å². The number of carbonyl (C=O) groups excluding carboxylic acids is 2. The van der Waals surface area contributed by atoms with E-state index in [1.807, 2.05) is 36.1 Å². The fourth-order valence-corrected chi connectivity index (χ4v) is 6.14. The Morgan fingerprint density at radius 2 is 1.90 bits per heavy atom. The van der Waals surface area contributed by atoms with Crippen molar-refractivity contribution in [3.63, 3.8) is 0 Å². The van der Waals surface area contributed by atoms with E-state index in [9.17, 15) is 19.5 Å². The lowest BCUT2D eigenvalue weighted by molar-refractivity contribution is -0.139. The summed E-state index contributed by atoms with van der Waals surface area (Å²) in [6.07, 6.45) is 3.96. The molecule has 11 nitrogen and oxygen atoms in total. The Morgan fingerprint density at radius 3 is 2.60 bits per heavy atom. The number of benzene rings is 2. The number of amides is 2. The molecule has 0 aliphatic carbocycles. The molecule has 1 fully saturated rings. The zero-order valence-electron chi connectivity index (χ0n) is 22.7. The number of aliphatic carboxylic acids is 1. The van der Waals surface area contributed by atoms with Gasteiger partial charge in [0.25, 0.3) is 11.8 Å². The first-order valence-electron chi connectivity index (χ1n) is 13.5. The zero-order valence-corrected chi connectivity index (χ0v) is 24.3. The summed E-state index contributed by atoms with van der Waals surface area (Å²) in [4.78, 5) is 45.9. The minimum atomic E-state index is -1.35. The number of carboxylic acids is 1. The zero-order chi connectivity index (χ0) is 30.0. The van der Waals surface area contributed by atoms with Gasteiger partial charge < -0.3 is 30.0 Å². The molecule has 13 heteroatoms. The summed E-state index contributed by atoms with van der Waals surface area (Å²) < 4.78 is 5.86. The van der Waals surface area contributed by atoms with E-state index >= 15 is 0 Å². The van der Waals surface area contributed by atoms with E-state index in [4.69, 9.17) is 32.9 Å². The summed E-state index contributed by atoms with van der Waals surface area (Å²) in [5.41, 5.74) is 2.71. The number of guanidine groups is 1. The van der Waals surface area contributed by atoms with E-state index in [-0.39, 0.29) is 46.3 Å². The fraction of sp³-hybridized carbons (Fsp3) is 0.345. The van der Waals surface area contributed by atoms with Gasteiger partial charge in [0.15, 0.2) is 5.76 Å². The number of hydrogen-bond acceptors (Lipinski definition) is 6. The Morgan fingerprint density at radius 1 is 1.17 bits per heavy atom. The number of nitrogens with zero attached hydrogens (tertiary/aromatic N) is 4. The van der Waals surface area contributed by atoms with E-state index in [0.717, 1.165) is 23.8 Å². The highest BCUT2D eigenvalue weighted by atomic mass is 35.5. The van der Waals surface area contributed by atoms with Gasteiger partial charge in [-0.25, -0.2) is 4.79 Å². The predicted octanol–water partition coefficient (Wildman–Crippen LogP) is 3.95. The number of hydrogen-bond donors (Lipinski definition) is 3. The number of carboxylic acid groups (broad SMARTS) is 1. The third kappa shape index (κ3) is 5.73. The maximum absolute atomic E-state index is 13.4. The van der Waals surface area contributed by atoms with Gasteiger partial charge in [-0.15, -0.1) is 4.99 Å². The highest BCUT2D eigenvalue weighted by Crippen LogP contribution is 2.35. The Bertz CT molecular complexity index is 1640. The molecular formula is C29H28Cl2N6O5. The normalized spacial score (nSPS) is 15.7. The molecule has 3 N–H and O–H groups in total. The molecule has 2 aliphatic heterocycles. The summed E-state index contributed by atoms with van der Waals surface area (Å²) in [6.45, 7) is 3.57. The van der Waals surface area contributed by atoms with Crippen LogP contribution in [0.25, 0.3) is 11.0 Å². The molecule has 3 heterocycles. The average Bonchev–Trinajstić information content (AvgIpc) is 3.62. The summed E-state index contributed by atoms with van der Waals surface area (Å²) in [7, 11) is 0. The SMILES string of the molecule is Cc1c(C(=O)N2CCc3c(cc(Cl)c(C(=O)NC(CN/C(=N/C#N)N4CCCC4)C(=O)O)c3Cl)C2)oc2ccccc12. The molecule has 5 rings (SSSR count). The van der Waals surface area contributed by atoms with Gasteiger partial charge >= 0.3 is 5.97 Å². The molecule has 1 aromatic heterocycles. The number of rotatable bonds is 6. The maximum Gasteiger partial charge on any atom is 0.328 e. The van der Waals surface area contributed by atoms with Crippen LogP contribution in [0.5, 0.6) is 0 Å². The number of aryl methyl sites for hydroxylation is 1. The number of carbonyl (C=O) groups is 3. The van der Waals surface area contributed by atoms with Gasteiger partial charge in [-0.3, -0.25) is 9.59 Å². The topological polar surface area (TPSA) is 151 Å². The molecule has 42 heavy (non-hydrogen) atoms. The first-order chi connectivity index (χ1) is 20.2. The van der Waals surface area contributed by atoms with Crippen LogP contribution < -0.4 is 10.6 Å². The standard InChI is InChI=1S/C29H28Cl2N6O5/c1-16-18-6-2-3-7-22(18)42-25(16)27(39)37-11-8-19-17(14-37)12-20(30)23(24(19)31)26(38)35-21(28(40)41)13-33-29(34-15-32)36-9-4-5-10-36/h2-3,6-7,12,21H,4-5,8-11,13-14H2,1H3,(H,33,34)(H,35,38)(H,40,41). The first-order valence-corrected chi connectivity index (χ1v) is 14.2. The number of aliphatic imine (C=N–C) groups is 1. The molecule has 2 aliphatic rings. The molecule has 2 aromatic carbocycles. The Balaban J connectivity index is 1.31. The number of nitriles is 1. The summed E-state index contributed by atoms with van der Waals surface area (Å²) >= 11 is 13.2. The Labute approximate surface area is 251 Å². The number of likely N-dealkylation sites (tertiary alicyclic amines) is 1. The molecule has 1 atom stereocenters. The van der Waals surface area contributed by atoms with Crippen molar-refractivity contribution in [2.75, 3.05) is 26.2 Å². The second kappa shape index (κ2) is 12.3. The number of para-hydroxylation sites is 1. The molecule has 0 radical (unpaired) electrons. The van der Waals surface area contributed by atoms with Crippen LogP contribution in [0.2, 0.25) is 10.0 Å². The molecule has 0 saturated carbocycles. The van der Waals surface area contributed by atoms with E-state index in [1.54, 1.807) is 17.2 Å². The Hall–Kier alpha value is -4.27. The van der Waals surface area contributed by atoms with E-state index < -0.39 is 17.9 Å². The van der Waals surface area contributed by atoms with Crippen LogP contribution in [-0.4, -0.2) is 70.9 Å². The van der Waals surface area contributed by atoms with Gasteiger partial charge in [0.2, 0.25) is 12.2 Å². The predicted molar refractivity (Wildman–Crippen MR) is 157 cm³/mol. The van der Waals surface area contributed by atoms with Crippen LogP contribution in [0.3, 0.4) is 0 Å². The molecule has 3 aromatic rings. The molecular weight excluding hydrogens is 583 g/mol. The largest absolute Gasteiger partial charge is 0.480 e. The highest BCUT2D eigenvalue weighted by Gasteiger charge is 2.31. The van der Waals surface area contributed by atoms with Crippen LogP contribution in [0.1, 0.15) is 50.4 Å². The van der Waals surface area contributed by atoms with Crippen molar-refractivity contribution in [1.29, 1.82) is 5.26 Å². The summed E-state index contributed by atoms with van der Waals surface area (Å²) in [6, 6.07) is 7.68. The number of fused-ring (bicyclic) bond motifs is 2. The van der Waals surface area contributed by atoms with Crippen LogP contribution in [0.4, 0.5) is 0 Å². The minimum Gasteiger partial charge on any atom is -0.480 e. The maximum atomic E-state index is 13.4. The van der Waals surface area contributed by atoms with Gasteiger partial charge in [-0.1, -0.05) is 41.4 Å². The lowest BCUT2D eigenvalue weighted by atomic mass is 9.96. The van der Waals surface area contributed by atoms with Gasteiger partial charge in [0.1, 0.15) is 11.6 Å². The van der Waals surface area contributed by atoms with Crippen molar-refractivity contribution in [2.24, 2.45) is 4.99 Å². The monoisotopic (exact) mass is 610 g/mol. The van der Waals surface area contributed by atoms with Crippen LogP contribution in [0, 0.1) is 18.4 Å². The lowest BCUT2D eigenvalue weighted by Gasteiger charge is -2.30. The summed E-state index contributed by atoms with van der Waals surface area (Å²) in [5.74, 6) is -1.76. The first kappa shape index (κ1) is 29.2. The van der Waals surface area contributed by atoms with E-state index in [1.165, 1.54) is 0 Å². The van der Waals surface area contributed by atoms with Crippen molar-refractivity contribution in [2.45, 2.75) is 38.8 Å². The molecule has 1 saturated heterocycles.